The number of benzene rings is 2. The van der Waals surface area contributed by atoms with Crippen LogP contribution in [0.25, 0.3) is 0 Å². The molecular formula is C23H29F3N4O3S. The van der Waals surface area contributed by atoms with E-state index in [0.29, 0.717) is 6.54 Å². The van der Waals surface area contributed by atoms with E-state index in [0.717, 1.165) is 47.9 Å². The van der Waals surface area contributed by atoms with E-state index in [1.807, 2.05) is 30.3 Å². The Labute approximate surface area is 199 Å². The number of carbonyl (C=O) groups is 1. The molecular weight excluding hydrogens is 469 g/mol. The number of nitrogens with zero attached hydrogens (tertiary/aromatic N) is 3. The van der Waals surface area contributed by atoms with E-state index in [1.165, 1.54) is 7.05 Å². The summed E-state index contributed by atoms with van der Waals surface area (Å²) < 4.78 is 61.9. The van der Waals surface area contributed by atoms with Gasteiger partial charge in [-0.3, -0.25) is 13.7 Å². The number of likely N-dealkylation sites (tertiary alicyclic amines) is 1. The van der Waals surface area contributed by atoms with Gasteiger partial charge in [-0.2, -0.15) is 13.2 Å². The normalized spacial score (nSPS) is 16.3. The van der Waals surface area contributed by atoms with Gasteiger partial charge in [0.25, 0.3) is 11.3 Å². The molecule has 3 N–H and O–H groups in total. The molecule has 3 rings (SSSR count). The molecule has 2 aromatic rings. The molecule has 2 atom stereocenters. The molecule has 1 heterocycles. The Morgan fingerprint density at radius 3 is 2.35 bits per heavy atom. The third-order valence-electron chi connectivity index (χ3n) is 6.16. The molecule has 186 valence electrons. The zero-order valence-electron chi connectivity index (χ0n) is 19.1. The number of hydrogen-bond acceptors (Lipinski definition) is 4. The smallest absolute Gasteiger partial charge is 0.398 e. The van der Waals surface area contributed by atoms with E-state index in [-0.39, 0.29) is 35.3 Å². The van der Waals surface area contributed by atoms with Crippen molar-refractivity contribution in [3.63, 3.8) is 0 Å². The predicted octanol–water partition coefficient (Wildman–Crippen LogP) is 3.70. The molecule has 1 aliphatic rings. The quantitative estimate of drug-likeness (QED) is 0.428. The molecule has 2 aromatic carbocycles. The molecule has 0 bridgehead atoms. The van der Waals surface area contributed by atoms with Gasteiger partial charge in [-0.1, -0.05) is 30.3 Å². The first kappa shape index (κ1) is 26.0. The predicted molar refractivity (Wildman–Crippen MR) is 126 cm³/mol. The second-order valence-electron chi connectivity index (χ2n) is 8.40. The summed E-state index contributed by atoms with van der Waals surface area (Å²) in [5.74, 6) is -0.363. The molecule has 1 saturated heterocycles. The average Bonchev–Trinajstić information content (AvgIpc) is 3.30. The van der Waals surface area contributed by atoms with Crippen molar-refractivity contribution in [3.8, 4) is 0 Å². The largest absolute Gasteiger partial charge is 0.416 e. The van der Waals surface area contributed by atoms with E-state index in [4.69, 9.17) is 5.73 Å². The number of carbonyl (C=O) groups excluding carboxylic acids is 1. The standard InChI is InChI=1S/C23H29F3N4O3S/c1-28(21(15-30-10-6-7-11-30)16-8-4-3-5-9-16)22(31)14-18-19(27)12-17(23(24,25)26)13-20(18)29(2)34(32)33/h3-5,8-9,12-13,21H,6-7,10-11,14-15,27H2,1-2H3,(H,32,33)/t21-/m1/s1. The molecule has 0 radical (unpaired) electrons. The zero-order valence-corrected chi connectivity index (χ0v) is 19.9. The molecule has 0 aliphatic carbocycles. The number of anilines is 2. The highest BCUT2D eigenvalue weighted by Gasteiger charge is 2.34. The van der Waals surface area contributed by atoms with Crippen molar-refractivity contribution in [2.75, 3.05) is 43.8 Å². The van der Waals surface area contributed by atoms with E-state index >= 15 is 0 Å². The van der Waals surface area contributed by atoms with Crippen molar-refractivity contribution >= 4 is 28.5 Å². The van der Waals surface area contributed by atoms with Crippen LogP contribution in [0.15, 0.2) is 42.5 Å². The van der Waals surface area contributed by atoms with Crippen LogP contribution in [0.5, 0.6) is 0 Å². The number of hydrogen-bond donors (Lipinski definition) is 2. The van der Waals surface area contributed by atoms with Crippen LogP contribution < -0.4 is 10.0 Å². The Morgan fingerprint density at radius 1 is 1.18 bits per heavy atom. The summed E-state index contributed by atoms with van der Waals surface area (Å²) in [5.41, 5.74) is 5.42. The molecule has 34 heavy (non-hydrogen) atoms. The SMILES string of the molecule is CN(C(=O)Cc1c(N)cc(C(F)(F)F)cc1N(C)S(=O)O)[C@H](CN1CCCC1)c1ccccc1. The summed E-state index contributed by atoms with van der Waals surface area (Å²) in [6.07, 6.45) is -2.83. The van der Waals surface area contributed by atoms with Gasteiger partial charge in [-0.25, -0.2) is 4.21 Å². The minimum Gasteiger partial charge on any atom is -0.398 e. The minimum absolute atomic E-state index is 0.0720. The lowest BCUT2D eigenvalue weighted by Gasteiger charge is -2.32. The van der Waals surface area contributed by atoms with Crippen LogP contribution in [0.2, 0.25) is 0 Å². The highest BCUT2D eigenvalue weighted by atomic mass is 32.2. The van der Waals surface area contributed by atoms with Gasteiger partial charge in [0, 0.05) is 31.9 Å². The Bertz CT molecular complexity index is 1030. The number of halogens is 3. The summed E-state index contributed by atoms with van der Waals surface area (Å²) in [4.78, 5) is 17.2. The number of amides is 1. The molecule has 11 heteroatoms. The fraction of sp³-hybridized carbons (Fsp3) is 0.435. The third-order valence-corrected chi connectivity index (χ3v) is 6.83. The van der Waals surface area contributed by atoms with Crippen LogP contribution in [-0.2, 0) is 28.7 Å². The van der Waals surface area contributed by atoms with Crippen LogP contribution in [0.3, 0.4) is 0 Å². The summed E-state index contributed by atoms with van der Waals surface area (Å²) in [7, 11) is 2.83. The van der Waals surface area contributed by atoms with E-state index in [1.54, 1.807) is 11.9 Å². The molecule has 0 aromatic heterocycles. The van der Waals surface area contributed by atoms with Crippen LogP contribution in [0, 0.1) is 0 Å². The van der Waals surface area contributed by atoms with Gasteiger partial charge in [0.2, 0.25) is 5.91 Å². The fourth-order valence-electron chi connectivity index (χ4n) is 4.19. The maximum atomic E-state index is 13.4. The fourth-order valence-corrected chi connectivity index (χ4v) is 4.52. The first-order valence-electron chi connectivity index (χ1n) is 10.9. The second-order valence-corrected chi connectivity index (χ2v) is 9.41. The number of nitrogen functional groups attached to an aromatic ring is 1. The van der Waals surface area contributed by atoms with Gasteiger partial charge in [-0.05, 0) is 43.6 Å². The Morgan fingerprint density at radius 2 is 1.79 bits per heavy atom. The van der Waals surface area contributed by atoms with Gasteiger partial charge in [0.15, 0.2) is 0 Å². The average molecular weight is 499 g/mol. The van der Waals surface area contributed by atoms with Crippen LogP contribution in [0.4, 0.5) is 24.5 Å². The molecule has 7 nitrogen and oxygen atoms in total. The first-order valence-corrected chi connectivity index (χ1v) is 11.9. The first-order chi connectivity index (χ1) is 16.0. The van der Waals surface area contributed by atoms with Gasteiger partial charge < -0.3 is 15.5 Å². The van der Waals surface area contributed by atoms with E-state index in [9.17, 15) is 26.7 Å². The Kier molecular flexibility index (Phi) is 8.21. The van der Waals surface area contributed by atoms with Gasteiger partial charge in [-0.15, -0.1) is 0 Å². The lowest BCUT2D eigenvalue weighted by atomic mass is 10.0. The number of alkyl halides is 3. The van der Waals surface area contributed by atoms with Crippen LogP contribution in [-0.4, -0.2) is 58.2 Å². The molecule has 1 aliphatic heterocycles. The molecule has 0 saturated carbocycles. The van der Waals surface area contributed by atoms with Gasteiger partial charge in [0.05, 0.1) is 23.7 Å². The minimum atomic E-state index is -4.70. The molecule has 0 spiro atoms. The number of nitrogens with two attached hydrogens (primary N) is 1. The monoisotopic (exact) mass is 498 g/mol. The highest BCUT2D eigenvalue weighted by molar-refractivity contribution is 7.80. The Hall–Kier alpha value is -2.63. The van der Waals surface area contributed by atoms with Crippen LogP contribution in [0.1, 0.15) is 35.6 Å². The number of likely N-dealkylation sites (N-methyl/N-ethyl adjacent to an activating group) is 1. The summed E-state index contributed by atoms with van der Waals surface area (Å²) in [5, 5.41) is 0. The lowest BCUT2D eigenvalue weighted by Crippen LogP contribution is -2.39. The van der Waals surface area contributed by atoms with Crippen molar-refractivity contribution in [3.05, 3.63) is 59.2 Å². The van der Waals surface area contributed by atoms with Crippen molar-refractivity contribution in [2.24, 2.45) is 0 Å². The molecule has 1 amide bonds. The van der Waals surface area contributed by atoms with E-state index < -0.39 is 23.0 Å². The highest BCUT2D eigenvalue weighted by Crippen LogP contribution is 2.37. The van der Waals surface area contributed by atoms with E-state index in [2.05, 4.69) is 4.90 Å². The molecule has 1 unspecified atom stereocenters. The lowest BCUT2D eigenvalue weighted by molar-refractivity contribution is -0.137. The van der Waals surface area contributed by atoms with Crippen molar-refractivity contribution in [1.82, 2.24) is 9.80 Å². The van der Waals surface area contributed by atoms with Crippen molar-refractivity contribution in [1.29, 1.82) is 0 Å². The molecule has 1 fully saturated rings. The van der Waals surface area contributed by atoms with Gasteiger partial charge in [0.1, 0.15) is 0 Å². The summed E-state index contributed by atoms with van der Waals surface area (Å²) >= 11 is -2.60. The maximum absolute atomic E-state index is 13.4. The third kappa shape index (κ3) is 6.08. The van der Waals surface area contributed by atoms with Gasteiger partial charge >= 0.3 is 6.18 Å². The zero-order chi connectivity index (χ0) is 25.0. The van der Waals surface area contributed by atoms with Crippen molar-refractivity contribution in [2.45, 2.75) is 31.5 Å². The second kappa shape index (κ2) is 10.7. The van der Waals surface area contributed by atoms with Crippen LogP contribution >= 0.6 is 0 Å². The topological polar surface area (TPSA) is 90.1 Å². The Balaban J connectivity index is 1.93. The number of rotatable bonds is 8. The summed E-state index contributed by atoms with van der Waals surface area (Å²) in [6, 6.07) is 10.8. The van der Waals surface area contributed by atoms with Crippen molar-refractivity contribution < 1.29 is 26.7 Å². The summed E-state index contributed by atoms with van der Waals surface area (Å²) in [6.45, 7) is 2.51. The maximum Gasteiger partial charge on any atom is 0.416 e.